The number of nitrogens with one attached hydrogen (secondary N) is 1. The molecule has 17 heteroatoms. The Hall–Kier alpha value is 0.0900. The molecule has 44 heavy (non-hydrogen) atoms. The molecule has 0 aromatic rings. The average molecular weight is 754 g/mol. The van der Waals surface area contributed by atoms with E-state index in [1.54, 1.807) is 22.6 Å². The topological polar surface area (TPSA) is 249 Å². The summed E-state index contributed by atoms with van der Waals surface area (Å²) in [7, 11) is 1.52. The van der Waals surface area contributed by atoms with Gasteiger partial charge in [0.2, 0.25) is 0 Å². The van der Waals surface area contributed by atoms with Crippen LogP contribution in [0.5, 0.6) is 0 Å². The maximum absolute atomic E-state index is 11.6. The van der Waals surface area contributed by atoms with Crippen molar-refractivity contribution in [3.63, 3.8) is 0 Å². The fourth-order valence-corrected chi connectivity index (χ4v) is 6.55. The Balaban J connectivity index is 1.90. The first-order valence-electron chi connectivity index (χ1n) is 15.3. The normalized spacial score (nSPS) is 45.1. The predicted molar refractivity (Wildman–Crippen MR) is 162 cm³/mol. The maximum Gasteiger partial charge on any atom is 0.178 e. The van der Waals surface area contributed by atoms with Crippen molar-refractivity contribution in [2.45, 2.75) is 129 Å². The van der Waals surface area contributed by atoms with E-state index in [9.17, 15) is 40.9 Å². The lowest BCUT2D eigenvalue weighted by molar-refractivity contribution is -0.357. The van der Waals surface area contributed by atoms with Crippen LogP contribution < -0.4 is 11.1 Å². The van der Waals surface area contributed by atoms with Crippen molar-refractivity contribution < 1.29 is 64.5 Å². The van der Waals surface area contributed by atoms with E-state index in [4.69, 9.17) is 29.4 Å². The second-order valence-electron chi connectivity index (χ2n) is 11.6. The van der Waals surface area contributed by atoms with Gasteiger partial charge in [-0.05, 0) is 55.6 Å². The van der Waals surface area contributed by atoms with Crippen LogP contribution in [0.3, 0.4) is 0 Å². The second-order valence-corrected chi connectivity index (χ2v) is 13.5. The van der Waals surface area contributed by atoms with Gasteiger partial charge in [-0.2, -0.15) is 0 Å². The lowest BCUT2D eigenvalue weighted by Gasteiger charge is -2.52. The number of likely N-dealkylation sites (N-methyl/N-ethyl adjacent to an activating group) is 1. The summed E-state index contributed by atoms with van der Waals surface area (Å²) in [6, 6.07) is -3.16. The number of nitrogens with zero attached hydrogens (tertiary/aromatic N) is 1. The van der Waals surface area contributed by atoms with Crippen molar-refractivity contribution in [2.24, 2.45) is 5.73 Å². The van der Waals surface area contributed by atoms with Gasteiger partial charge in [0, 0.05) is 0 Å². The summed E-state index contributed by atoms with van der Waals surface area (Å²) in [4.78, 5) is 1.97. The molecule has 0 aromatic heterocycles. The zero-order valence-corrected chi connectivity index (χ0v) is 27.6. The van der Waals surface area contributed by atoms with Crippen LogP contribution in [0.15, 0.2) is 0 Å². The Kier molecular flexibility index (Phi) is 15.3. The number of halogens is 1. The van der Waals surface area contributed by atoms with Crippen LogP contribution in [0, 0.1) is 0 Å². The molecule has 3 heterocycles. The molecular formula is C27H52IN3O13. The molecule has 11 N–H and O–H groups in total. The molecule has 3 fully saturated rings. The summed E-state index contributed by atoms with van der Waals surface area (Å²) in [5.74, 6) is 0. The summed E-state index contributed by atoms with van der Waals surface area (Å²) in [6.07, 6.45) is -11.4. The Bertz CT molecular complexity index is 847. The third-order valence-electron chi connectivity index (χ3n) is 8.63. The van der Waals surface area contributed by atoms with Gasteiger partial charge in [-0.25, -0.2) is 0 Å². The minimum atomic E-state index is -1.62. The minimum Gasteiger partial charge on any atom is -0.394 e. The fourth-order valence-electron chi connectivity index (χ4n) is 5.93. The second kappa shape index (κ2) is 17.5. The molecule has 0 radical (unpaired) electrons. The lowest BCUT2D eigenvalue weighted by Crippen LogP contribution is -2.71. The van der Waals surface area contributed by atoms with Crippen molar-refractivity contribution >= 4 is 22.6 Å². The van der Waals surface area contributed by atoms with Crippen LogP contribution in [-0.2, 0) is 23.7 Å². The summed E-state index contributed by atoms with van der Waals surface area (Å²) in [6.45, 7) is 3.30. The quantitative estimate of drug-likeness (QED) is 0.0571. The highest BCUT2D eigenvalue weighted by atomic mass is 127. The van der Waals surface area contributed by atoms with Gasteiger partial charge in [0.05, 0.1) is 37.9 Å². The van der Waals surface area contributed by atoms with E-state index in [1.165, 1.54) is 7.05 Å². The number of rotatable bonds is 15. The molecule has 3 aliphatic rings. The van der Waals surface area contributed by atoms with Crippen LogP contribution >= 0.6 is 22.6 Å². The zero-order chi connectivity index (χ0) is 32.8. The molecule has 0 spiro atoms. The molecule has 0 aliphatic carbocycles. The summed E-state index contributed by atoms with van der Waals surface area (Å²) < 4.78 is 28.1. The van der Waals surface area contributed by atoms with Crippen molar-refractivity contribution in [3.8, 4) is 0 Å². The third-order valence-corrected chi connectivity index (χ3v) is 9.86. The summed E-state index contributed by atoms with van der Waals surface area (Å²) in [5, 5.41) is 87.6. The van der Waals surface area contributed by atoms with Crippen LogP contribution in [0.4, 0.5) is 0 Å². The Morgan fingerprint density at radius 2 is 1.39 bits per heavy atom. The van der Waals surface area contributed by atoms with E-state index in [2.05, 4.69) is 5.32 Å². The largest absolute Gasteiger partial charge is 0.394 e. The summed E-state index contributed by atoms with van der Waals surface area (Å²) in [5.41, 5.74) is 5.83. The Morgan fingerprint density at radius 3 is 1.91 bits per heavy atom. The van der Waals surface area contributed by atoms with Gasteiger partial charge in [0.25, 0.3) is 0 Å². The van der Waals surface area contributed by atoms with E-state index in [0.717, 1.165) is 25.7 Å². The third kappa shape index (κ3) is 8.38. The predicted octanol–water partition coefficient (Wildman–Crippen LogP) is -3.71. The molecular weight excluding hydrogens is 701 g/mol. The van der Waals surface area contributed by atoms with Gasteiger partial charge < -0.3 is 75.6 Å². The first-order chi connectivity index (χ1) is 20.9. The lowest BCUT2D eigenvalue weighted by atomic mass is 9.93. The average Bonchev–Trinajstić information content (AvgIpc) is 3.01. The number of aliphatic hydroxyl groups is 8. The highest BCUT2D eigenvalue weighted by Crippen LogP contribution is 2.39. The number of nitrogens with two attached hydrogens (primary N) is 1. The van der Waals surface area contributed by atoms with Crippen molar-refractivity contribution in [1.82, 2.24) is 10.2 Å². The number of ether oxygens (including phenoxy) is 5. The SMILES string of the molecule is CCCCN(CCCC)[C@H]1[C@@H](OC2[C@@H](CO)O[C@@H](OC3[C@@H](CO)O[C@@H](O)[C@H](N)[C@H]3O)[C@H](NC)[C@H]2O)O[C@@](I)(CO)[C@@H](O)[C@@H]1O. The zero-order valence-electron chi connectivity index (χ0n) is 25.5. The van der Waals surface area contributed by atoms with Gasteiger partial charge in [-0.1, -0.05) is 26.7 Å². The standard InChI is InChI=1S/C27H52IN3O13/c1-4-6-8-31(9-7-5-2)17-20(37)23(38)27(28,12-34)44-26(17)43-22-14(11-33)41-25(16(30-3)19(22)36)42-21-13(10-32)40-24(39)15(29)18(21)35/h13-26,30,32-39H,4-12,29H2,1-3H3/t13-,14-,15-,16-,17-,18-,19-,20-,21?,22?,23+,24-,25+,26+,27+/m1/s1. The molecule has 0 saturated carbocycles. The number of alkyl halides is 1. The number of aliphatic hydroxyl groups excluding tert-OH is 8. The molecule has 3 rings (SSSR count). The van der Waals surface area contributed by atoms with E-state index in [1.807, 2.05) is 18.7 Å². The number of unbranched alkanes of at least 4 members (excludes halogenated alkanes) is 2. The number of hydrogen-bond donors (Lipinski definition) is 10. The number of hydrogen-bond acceptors (Lipinski definition) is 16. The Morgan fingerprint density at radius 1 is 0.841 bits per heavy atom. The fraction of sp³-hybridized carbons (Fsp3) is 1.00. The highest BCUT2D eigenvalue weighted by molar-refractivity contribution is 14.1. The van der Waals surface area contributed by atoms with Crippen LogP contribution in [0.2, 0.25) is 0 Å². The van der Waals surface area contributed by atoms with Gasteiger partial charge in [-0.3, -0.25) is 4.90 Å². The monoisotopic (exact) mass is 753 g/mol. The van der Waals surface area contributed by atoms with Crippen LogP contribution in [0.25, 0.3) is 0 Å². The van der Waals surface area contributed by atoms with Crippen LogP contribution in [-0.4, -0.2) is 175 Å². The summed E-state index contributed by atoms with van der Waals surface area (Å²) >= 11 is 1.73. The molecule has 3 aliphatic heterocycles. The van der Waals surface area contributed by atoms with Crippen molar-refractivity contribution in [3.05, 3.63) is 0 Å². The molecule has 3 saturated heterocycles. The van der Waals surface area contributed by atoms with Crippen molar-refractivity contribution in [2.75, 3.05) is 40.0 Å². The minimum absolute atomic E-state index is 0.568. The van der Waals surface area contributed by atoms with Crippen LogP contribution in [0.1, 0.15) is 39.5 Å². The van der Waals surface area contributed by atoms with E-state index in [-0.39, 0.29) is 0 Å². The molecule has 260 valence electrons. The molecule has 0 bridgehead atoms. The van der Waals surface area contributed by atoms with E-state index in [0.29, 0.717) is 13.1 Å². The first kappa shape index (κ1) is 38.5. The Labute approximate surface area is 271 Å². The van der Waals surface area contributed by atoms with Gasteiger partial charge in [0.15, 0.2) is 22.5 Å². The van der Waals surface area contributed by atoms with E-state index < -0.39 is 109 Å². The molecule has 0 amide bonds. The maximum atomic E-state index is 11.6. The first-order valence-corrected chi connectivity index (χ1v) is 16.4. The molecule has 0 aromatic carbocycles. The smallest absolute Gasteiger partial charge is 0.178 e. The van der Waals surface area contributed by atoms with Gasteiger partial charge in [0.1, 0.15) is 48.8 Å². The molecule has 15 atom stereocenters. The molecule has 2 unspecified atom stereocenters. The van der Waals surface area contributed by atoms with Gasteiger partial charge in [-0.15, -0.1) is 0 Å². The highest BCUT2D eigenvalue weighted by Gasteiger charge is 2.57. The van der Waals surface area contributed by atoms with E-state index >= 15 is 0 Å². The van der Waals surface area contributed by atoms with Gasteiger partial charge >= 0.3 is 0 Å². The molecule has 16 nitrogen and oxygen atoms in total. The van der Waals surface area contributed by atoms with Crippen molar-refractivity contribution in [1.29, 1.82) is 0 Å².